The van der Waals surface area contributed by atoms with E-state index in [-0.39, 0.29) is 11.2 Å². The van der Waals surface area contributed by atoms with Gasteiger partial charge in [-0.05, 0) is 42.4 Å². The van der Waals surface area contributed by atoms with E-state index in [9.17, 15) is 4.39 Å². The van der Waals surface area contributed by atoms with Crippen LogP contribution in [0.1, 0.15) is 37.7 Å². The third-order valence-corrected chi connectivity index (χ3v) is 5.20. The Balaban J connectivity index is 2.17. The van der Waals surface area contributed by atoms with E-state index < -0.39 is 0 Å². The second-order valence-electron chi connectivity index (χ2n) is 5.11. The molecular formula is C14H17BrClF. The summed E-state index contributed by atoms with van der Waals surface area (Å²) in [6, 6.07) is 5.03. The number of alkyl halides is 1. The molecule has 1 aromatic carbocycles. The third-order valence-electron chi connectivity index (χ3n) is 3.78. The minimum absolute atomic E-state index is 0.164. The van der Waals surface area contributed by atoms with Crippen LogP contribution >= 0.6 is 27.5 Å². The van der Waals surface area contributed by atoms with Crippen molar-refractivity contribution in [2.24, 2.45) is 5.41 Å². The predicted molar refractivity (Wildman–Crippen MR) is 74.4 cm³/mol. The molecule has 0 aliphatic heterocycles. The molecule has 1 saturated carbocycles. The van der Waals surface area contributed by atoms with Crippen LogP contribution in [-0.4, -0.2) is 5.33 Å². The van der Waals surface area contributed by atoms with Crippen molar-refractivity contribution in [2.45, 2.75) is 38.5 Å². The van der Waals surface area contributed by atoms with Crippen molar-refractivity contribution < 1.29 is 4.39 Å². The third kappa shape index (κ3) is 3.23. The van der Waals surface area contributed by atoms with Gasteiger partial charge in [0.1, 0.15) is 5.82 Å². The van der Waals surface area contributed by atoms with E-state index >= 15 is 0 Å². The van der Waals surface area contributed by atoms with Crippen molar-refractivity contribution in [1.82, 2.24) is 0 Å². The summed E-state index contributed by atoms with van der Waals surface area (Å²) in [5.41, 5.74) is 1.04. The Kier molecular flexibility index (Phi) is 4.48. The van der Waals surface area contributed by atoms with Crippen molar-refractivity contribution in [3.63, 3.8) is 0 Å². The van der Waals surface area contributed by atoms with Gasteiger partial charge in [0, 0.05) is 10.4 Å². The van der Waals surface area contributed by atoms with E-state index in [0.29, 0.717) is 5.02 Å². The van der Waals surface area contributed by atoms with Gasteiger partial charge in [-0.25, -0.2) is 4.39 Å². The molecule has 1 aromatic rings. The van der Waals surface area contributed by atoms with Gasteiger partial charge in [0.25, 0.3) is 0 Å². The number of halogens is 3. The van der Waals surface area contributed by atoms with Crippen LogP contribution in [0.15, 0.2) is 18.2 Å². The summed E-state index contributed by atoms with van der Waals surface area (Å²) in [6.45, 7) is 0. The standard InChI is InChI=1S/C14H17BrClF/c15-10-14(6-2-1-3-7-14)9-11-4-5-12(16)8-13(11)17/h4-5,8H,1-3,6-7,9-10H2. The highest BCUT2D eigenvalue weighted by Crippen LogP contribution is 2.41. The van der Waals surface area contributed by atoms with Crippen LogP contribution in [0.25, 0.3) is 0 Å². The number of hydrogen-bond donors (Lipinski definition) is 0. The minimum Gasteiger partial charge on any atom is -0.207 e. The van der Waals surface area contributed by atoms with Crippen LogP contribution in [-0.2, 0) is 6.42 Å². The molecule has 0 nitrogen and oxygen atoms in total. The zero-order valence-corrected chi connectivity index (χ0v) is 12.2. The van der Waals surface area contributed by atoms with Gasteiger partial charge in [0.05, 0.1) is 0 Å². The molecule has 0 amide bonds. The molecular weight excluding hydrogens is 303 g/mol. The normalized spacial score (nSPS) is 19.2. The first kappa shape index (κ1) is 13.4. The highest BCUT2D eigenvalue weighted by molar-refractivity contribution is 9.09. The molecule has 0 bridgehead atoms. The molecule has 0 atom stereocenters. The second kappa shape index (κ2) is 5.71. The van der Waals surface area contributed by atoms with Crippen molar-refractivity contribution in [2.75, 3.05) is 5.33 Å². The molecule has 1 fully saturated rings. The van der Waals surface area contributed by atoms with Gasteiger partial charge in [0.2, 0.25) is 0 Å². The smallest absolute Gasteiger partial charge is 0.127 e. The van der Waals surface area contributed by atoms with E-state index in [4.69, 9.17) is 11.6 Å². The van der Waals surface area contributed by atoms with Gasteiger partial charge in [-0.2, -0.15) is 0 Å². The Bertz CT molecular complexity index is 386. The average molecular weight is 320 g/mol. The molecule has 0 radical (unpaired) electrons. The molecule has 1 aliphatic rings. The fourth-order valence-electron chi connectivity index (χ4n) is 2.73. The lowest BCUT2D eigenvalue weighted by Gasteiger charge is -2.36. The molecule has 1 aliphatic carbocycles. The maximum atomic E-state index is 13.8. The Morgan fingerprint density at radius 3 is 2.53 bits per heavy atom. The van der Waals surface area contributed by atoms with E-state index in [1.54, 1.807) is 6.07 Å². The Morgan fingerprint density at radius 1 is 1.24 bits per heavy atom. The second-order valence-corrected chi connectivity index (χ2v) is 6.10. The summed E-state index contributed by atoms with van der Waals surface area (Å²) < 4.78 is 13.8. The first-order valence-corrected chi connectivity index (χ1v) is 7.65. The van der Waals surface area contributed by atoms with Gasteiger partial charge < -0.3 is 0 Å². The first-order valence-electron chi connectivity index (χ1n) is 6.15. The lowest BCUT2D eigenvalue weighted by atomic mass is 9.72. The highest BCUT2D eigenvalue weighted by Gasteiger charge is 2.31. The molecule has 0 heterocycles. The first-order chi connectivity index (χ1) is 8.15. The van der Waals surface area contributed by atoms with Crippen molar-refractivity contribution in [3.8, 4) is 0 Å². The average Bonchev–Trinajstić information content (AvgIpc) is 2.34. The Morgan fingerprint density at radius 2 is 1.94 bits per heavy atom. The largest absolute Gasteiger partial charge is 0.207 e. The SMILES string of the molecule is Fc1cc(Cl)ccc1CC1(CBr)CCCCC1. The van der Waals surface area contributed by atoms with Crippen molar-refractivity contribution >= 4 is 27.5 Å². The summed E-state index contributed by atoms with van der Waals surface area (Å²) in [5.74, 6) is -0.164. The van der Waals surface area contributed by atoms with Crippen LogP contribution in [0.2, 0.25) is 5.02 Å². The monoisotopic (exact) mass is 318 g/mol. The van der Waals surface area contributed by atoms with E-state index in [2.05, 4.69) is 15.9 Å². The van der Waals surface area contributed by atoms with Crippen molar-refractivity contribution in [3.05, 3.63) is 34.6 Å². The molecule has 94 valence electrons. The molecule has 0 aromatic heterocycles. The minimum atomic E-state index is -0.164. The maximum Gasteiger partial charge on any atom is 0.127 e. The van der Waals surface area contributed by atoms with Gasteiger partial charge in [-0.15, -0.1) is 0 Å². The van der Waals surface area contributed by atoms with Crippen molar-refractivity contribution in [1.29, 1.82) is 0 Å². The predicted octanol–water partition coefficient (Wildman–Crippen LogP) is 5.37. The zero-order chi connectivity index (χ0) is 12.3. The summed E-state index contributed by atoms with van der Waals surface area (Å²) in [5, 5.41) is 1.44. The van der Waals surface area contributed by atoms with Crippen LogP contribution in [0.4, 0.5) is 4.39 Å². The number of hydrogen-bond acceptors (Lipinski definition) is 0. The number of benzene rings is 1. The van der Waals surface area contributed by atoms with Crippen LogP contribution < -0.4 is 0 Å². The summed E-state index contributed by atoms with van der Waals surface area (Å²) in [4.78, 5) is 0. The van der Waals surface area contributed by atoms with Gasteiger partial charge in [-0.3, -0.25) is 0 Å². The zero-order valence-electron chi connectivity index (χ0n) is 9.82. The van der Waals surface area contributed by atoms with Gasteiger partial charge >= 0.3 is 0 Å². The molecule has 2 rings (SSSR count). The van der Waals surface area contributed by atoms with E-state index in [1.165, 1.54) is 38.2 Å². The molecule has 17 heavy (non-hydrogen) atoms. The maximum absolute atomic E-state index is 13.8. The fourth-order valence-corrected chi connectivity index (χ4v) is 3.65. The fraction of sp³-hybridized carbons (Fsp3) is 0.571. The van der Waals surface area contributed by atoms with Gasteiger partial charge in [-0.1, -0.05) is 52.9 Å². The molecule has 0 unspecified atom stereocenters. The summed E-state index contributed by atoms with van der Waals surface area (Å²) >= 11 is 9.40. The van der Waals surface area contributed by atoms with Crippen LogP contribution in [0.5, 0.6) is 0 Å². The molecule has 3 heteroatoms. The highest BCUT2D eigenvalue weighted by atomic mass is 79.9. The quantitative estimate of drug-likeness (QED) is 0.657. The Labute approximate surface area is 116 Å². The molecule has 0 N–H and O–H groups in total. The molecule has 0 spiro atoms. The van der Waals surface area contributed by atoms with Crippen LogP contribution in [0, 0.1) is 11.2 Å². The van der Waals surface area contributed by atoms with E-state index in [1.807, 2.05) is 6.07 Å². The summed E-state index contributed by atoms with van der Waals surface area (Å²) in [7, 11) is 0. The summed E-state index contributed by atoms with van der Waals surface area (Å²) in [6.07, 6.45) is 7.06. The lowest BCUT2D eigenvalue weighted by molar-refractivity contribution is 0.221. The topological polar surface area (TPSA) is 0 Å². The van der Waals surface area contributed by atoms with Crippen LogP contribution in [0.3, 0.4) is 0 Å². The number of rotatable bonds is 3. The molecule has 0 saturated heterocycles. The van der Waals surface area contributed by atoms with E-state index in [0.717, 1.165) is 17.3 Å². The van der Waals surface area contributed by atoms with Gasteiger partial charge in [0.15, 0.2) is 0 Å². The lowest BCUT2D eigenvalue weighted by Crippen LogP contribution is -2.28. The Hall–Kier alpha value is -0.0800.